The summed E-state index contributed by atoms with van der Waals surface area (Å²) in [6.07, 6.45) is 0. The molecule has 2 heterocycles. The summed E-state index contributed by atoms with van der Waals surface area (Å²) in [5, 5.41) is 13.0. The predicted molar refractivity (Wildman–Crippen MR) is 108 cm³/mol. The molecule has 2 aromatic carbocycles. The van der Waals surface area contributed by atoms with E-state index in [4.69, 9.17) is 11.6 Å². The van der Waals surface area contributed by atoms with E-state index < -0.39 is 0 Å². The van der Waals surface area contributed by atoms with Gasteiger partial charge in [-0.3, -0.25) is 9.89 Å². The zero-order valence-corrected chi connectivity index (χ0v) is 16.0. The van der Waals surface area contributed by atoms with E-state index in [0.717, 1.165) is 21.8 Å². The zero-order chi connectivity index (χ0) is 19.5. The molecule has 0 aliphatic heterocycles. The fraction of sp³-hybridized carbons (Fsp3) is 0.0500. The normalized spacial score (nSPS) is 10.8. The fourth-order valence-corrected chi connectivity index (χ4v) is 3.47. The Balaban J connectivity index is 1.40. The summed E-state index contributed by atoms with van der Waals surface area (Å²) >= 11 is 7.37. The van der Waals surface area contributed by atoms with Crippen molar-refractivity contribution in [2.75, 3.05) is 0 Å². The number of halogens is 2. The second-order valence-electron chi connectivity index (χ2n) is 5.99. The van der Waals surface area contributed by atoms with Crippen molar-refractivity contribution in [2.45, 2.75) is 6.54 Å². The van der Waals surface area contributed by atoms with Crippen molar-refractivity contribution >= 4 is 28.8 Å². The van der Waals surface area contributed by atoms with Gasteiger partial charge in [0.05, 0.1) is 17.9 Å². The largest absolute Gasteiger partial charge is 0.344 e. The fourth-order valence-electron chi connectivity index (χ4n) is 2.60. The molecule has 5 nitrogen and oxygen atoms in total. The number of carbonyl (C=O) groups excluding carboxylic acids is 1. The first-order valence-corrected chi connectivity index (χ1v) is 9.64. The van der Waals surface area contributed by atoms with E-state index in [9.17, 15) is 9.18 Å². The topological polar surface area (TPSA) is 70.7 Å². The number of hydrogen-bond donors (Lipinski definition) is 2. The van der Waals surface area contributed by atoms with Crippen LogP contribution in [0.1, 0.15) is 15.5 Å². The van der Waals surface area contributed by atoms with Gasteiger partial charge in [-0.2, -0.15) is 5.10 Å². The minimum absolute atomic E-state index is 0.288. The van der Waals surface area contributed by atoms with Gasteiger partial charge in [0.2, 0.25) is 0 Å². The Morgan fingerprint density at radius 3 is 2.50 bits per heavy atom. The molecule has 2 aromatic heterocycles. The lowest BCUT2D eigenvalue weighted by molar-refractivity contribution is 0.0946. The smallest absolute Gasteiger partial charge is 0.269 e. The van der Waals surface area contributed by atoms with Crippen molar-refractivity contribution in [3.63, 3.8) is 0 Å². The number of amides is 1. The SMILES string of the molecule is O=C(NCc1nc(-c2ccc(Cl)cc2)cs1)c1cc(-c2ccc(F)cc2)n[nH]1. The molecule has 28 heavy (non-hydrogen) atoms. The first-order valence-electron chi connectivity index (χ1n) is 8.38. The molecule has 0 bridgehead atoms. The molecule has 1 amide bonds. The minimum Gasteiger partial charge on any atom is -0.344 e. The first kappa shape index (κ1) is 18.3. The van der Waals surface area contributed by atoms with Gasteiger partial charge in [-0.25, -0.2) is 9.37 Å². The van der Waals surface area contributed by atoms with Crippen molar-refractivity contribution in [3.8, 4) is 22.5 Å². The summed E-state index contributed by atoms with van der Waals surface area (Å²) in [6, 6.07) is 15.0. The highest BCUT2D eigenvalue weighted by Gasteiger charge is 2.12. The standard InChI is InChI=1S/C20H14ClFN4OS/c21-14-5-1-13(2-6-14)18-11-28-19(24-18)10-23-20(27)17-9-16(25-26-17)12-3-7-15(22)8-4-12/h1-9,11H,10H2,(H,23,27)(H,25,26). The number of rotatable bonds is 5. The molecule has 0 spiro atoms. The van der Waals surface area contributed by atoms with E-state index in [0.29, 0.717) is 23.0 Å². The van der Waals surface area contributed by atoms with Crippen molar-refractivity contribution in [1.82, 2.24) is 20.5 Å². The molecule has 0 unspecified atom stereocenters. The number of H-pyrrole nitrogens is 1. The van der Waals surface area contributed by atoms with Crippen LogP contribution in [0.25, 0.3) is 22.5 Å². The Kier molecular flexibility index (Phi) is 5.18. The molecule has 0 aliphatic carbocycles. The lowest BCUT2D eigenvalue weighted by Gasteiger charge is -2.00. The minimum atomic E-state index is -0.321. The van der Waals surface area contributed by atoms with Gasteiger partial charge in [0.15, 0.2) is 0 Å². The number of aromatic amines is 1. The second kappa shape index (κ2) is 7.92. The molecule has 0 fully saturated rings. The lowest BCUT2D eigenvalue weighted by atomic mass is 10.1. The van der Waals surface area contributed by atoms with Crippen LogP contribution in [0.4, 0.5) is 4.39 Å². The van der Waals surface area contributed by atoms with Crippen LogP contribution in [-0.2, 0) is 6.54 Å². The Hall–Kier alpha value is -3.03. The van der Waals surface area contributed by atoms with Crippen molar-refractivity contribution in [3.05, 3.63) is 81.5 Å². The molecular formula is C20H14ClFN4OS. The van der Waals surface area contributed by atoms with Crippen molar-refractivity contribution < 1.29 is 9.18 Å². The average molecular weight is 413 g/mol. The Bertz CT molecular complexity index is 1110. The van der Waals surface area contributed by atoms with E-state index in [1.165, 1.54) is 23.5 Å². The van der Waals surface area contributed by atoms with Gasteiger partial charge in [-0.15, -0.1) is 11.3 Å². The summed E-state index contributed by atoms with van der Waals surface area (Å²) in [7, 11) is 0. The van der Waals surface area contributed by atoms with Crippen LogP contribution >= 0.6 is 22.9 Å². The van der Waals surface area contributed by atoms with Crippen molar-refractivity contribution in [2.24, 2.45) is 0 Å². The maximum absolute atomic E-state index is 13.0. The molecule has 0 saturated carbocycles. The van der Waals surface area contributed by atoms with E-state index in [1.54, 1.807) is 18.2 Å². The van der Waals surface area contributed by atoms with Crippen LogP contribution in [0.15, 0.2) is 60.0 Å². The van der Waals surface area contributed by atoms with Crippen LogP contribution in [0.2, 0.25) is 5.02 Å². The number of nitrogens with one attached hydrogen (secondary N) is 2. The number of nitrogens with zero attached hydrogens (tertiary/aromatic N) is 2. The highest BCUT2D eigenvalue weighted by atomic mass is 35.5. The Morgan fingerprint density at radius 2 is 1.75 bits per heavy atom. The Labute approximate surface area is 169 Å². The molecule has 0 radical (unpaired) electrons. The third-order valence-electron chi connectivity index (χ3n) is 4.05. The molecule has 140 valence electrons. The first-order chi connectivity index (χ1) is 13.6. The van der Waals surface area contributed by atoms with Gasteiger partial charge < -0.3 is 5.32 Å². The second-order valence-corrected chi connectivity index (χ2v) is 7.37. The van der Waals surface area contributed by atoms with Crippen LogP contribution in [0, 0.1) is 5.82 Å². The molecule has 0 saturated heterocycles. The average Bonchev–Trinajstić information content (AvgIpc) is 3.37. The zero-order valence-electron chi connectivity index (χ0n) is 14.4. The maximum atomic E-state index is 13.0. The van der Waals surface area contributed by atoms with Gasteiger partial charge in [-0.05, 0) is 42.5 Å². The van der Waals surface area contributed by atoms with E-state index >= 15 is 0 Å². The van der Waals surface area contributed by atoms with Crippen LogP contribution in [-0.4, -0.2) is 21.1 Å². The number of aromatic nitrogens is 3. The van der Waals surface area contributed by atoms with E-state index in [2.05, 4.69) is 20.5 Å². The van der Waals surface area contributed by atoms with Gasteiger partial charge in [0.25, 0.3) is 5.91 Å². The molecular weight excluding hydrogens is 399 g/mol. The van der Waals surface area contributed by atoms with Crippen LogP contribution in [0.3, 0.4) is 0 Å². The van der Waals surface area contributed by atoms with E-state index in [1.807, 2.05) is 29.6 Å². The Morgan fingerprint density at radius 1 is 1.07 bits per heavy atom. The monoisotopic (exact) mass is 412 g/mol. The molecule has 0 aliphatic rings. The number of carbonyl (C=O) groups is 1. The number of thiazole rings is 1. The molecule has 8 heteroatoms. The molecule has 4 rings (SSSR count). The van der Waals surface area contributed by atoms with Gasteiger partial charge >= 0.3 is 0 Å². The third kappa shape index (κ3) is 4.11. The summed E-state index contributed by atoms with van der Waals surface area (Å²) in [6.45, 7) is 0.308. The quantitative estimate of drug-likeness (QED) is 0.488. The van der Waals surface area contributed by atoms with Gasteiger partial charge in [-0.1, -0.05) is 23.7 Å². The van der Waals surface area contributed by atoms with Gasteiger partial charge in [0, 0.05) is 21.5 Å². The number of hydrogen-bond acceptors (Lipinski definition) is 4. The lowest BCUT2D eigenvalue weighted by Crippen LogP contribution is -2.23. The number of benzene rings is 2. The molecule has 2 N–H and O–H groups in total. The van der Waals surface area contributed by atoms with Gasteiger partial charge in [0.1, 0.15) is 16.5 Å². The summed E-state index contributed by atoms with van der Waals surface area (Å²) < 4.78 is 13.0. The highest BCUT2D eigenvalue weighted by molar-refractivity contribution is 7.09. The third-order valence-corrected chi connectivity index (χ3v) is 5.16. The molecule has 4 aromatic rings. The van der Waals surface area contributed by atoms with Crippen molar-refractivity contribution in [1.29, 1.82) is 0 Å². The maximum Gasteiger partial charge on any atom is 0.269 e. The summed E-state index contributed by atoms with van der Waals surface area (Å²) in [4.78, 5) is 16.9. The van der Waals surface area contributed by atoms with Crippen LogP contribution in [0.5, 0.6) is 0 Å². The molecule has 0 atom stereocenters. The van der Waals surface area contributed by atoms with Crippen LogP contribution < -0.4 is 5.32 Å². The highest BCUT2D eigenvalue weighted by Crippen LogP contribution is 2.23. The predicted octanol–water partition coefficient (Wildman–Crippen LogP) is 4.92. The summed E-state index contributed by atoms with van der Waals surface area (Å²) in [5.41, 5.74) is 3.43. The van der Waals surface area contributed by atoms with E-state index in [-0.39, 0.29) is 11.7 Å². The summed E-state index contributed by atoms with van der Waals surface area (Å²) in [5.74, 6) is -0.609.